The van der Waals surface area contributed by atoms with Crippen molar-refractivity contribution in [3.8, 4) is 17.1 Å². The Hall–Kier alpha value is -2.99. The molecule has 1 aliphatic heterocycles. The van der Waals surface area contributed by atoms with Crippen LogP contribution in [0.3, 0.4) is 0 Å². The number of anilines is 1. The van der Waals surface area contributed by atoms with E-state index in [-0.39, 0.29) is 17.9 Å². The lowest BCUT2D eigenvalue weighted by atomic mass is 10.0. The van der Waals surface area contributed by atoms with Gasteiger partial charge in [-0.25, -0.2) is 18.9 Å². The molecular formula is C19H20F4N6O2. The van der Waals surface area contributed by atoms with Gasteiger partial charge in [-0.2, -0.15) is 18.3 Å². The maximum atomic E-state index is 13.9. The predicted octanol–water partition coefficient (Wildman–Crippen LogP) is 2.29. The highest BCUT2D eigenvalue weighted by molar-refractivity contribution is 5.62. The molecule has 4 heterocycles. The van der Waals surface area contributed by atoms with Crippen molar-refractivity contribution in [1.29, 1.82) is 0 Å². The SMILES string of the molecule is COc1cc2ncc(-c3cccc(NC4CNCC4F)n3)n2nc1C(C)(O)C(F)(F)F. The summed E-state index contributed by atoms with van der Waals surface area (Å²) in [6.45, 7) is 1.30. The molecule has 1 fully saturated rings. The van der Waals surface area contributed by atoms with E-state index in [4.69, 9.17) is 4.74 Å². The van der Waals surface area contributed by atoms with Crippen LogP contribution in [0.5, 0.6) is 5.75 Å². The Kier molecular flexibility index (Phi) is 5.21. The molecule has 0 saturated carbocycles. The number of hydrogen-bond acceptors (Lipinski definition) is 7. The number of halogens is 4. The average molecular weight is 440 g/mol. The zero-order chi connectivity index (χ0) is 22.4. The van der Waals surface area contributed by atoms with Crippen LogP contribution in [0.15, 0.2) is 30.5 Å². The Morgan fingerprint density at radius 3 is 2.71 bits per heavy atom. The van der Waals surface area contributed by atoms with Gasteiger partial charge in [-0.05, 0) is 19.1 Å². The minimum atomic E-state index is -4.98. The number of nitrogens with one attached hydrogen (secondary N) is 2. The van der Waals surface area contributed by atoms with Crippen molar-refractivity contribution >= 4 is 11.5 Å². The van der Waals surface area contributed by atoms with Crippen molar-refractivity contribution in [2.75, 3.05) is 25.5 Å². The van der Waals surface area contributed by atoms with Crippen molar-refractivity contribution in [2.24, 2.45) is 0 Å². The lowest BCUT2D eigenvalue weighted by Crippen LogP contribution is -2.40. The number of methoxy groups -OCH3 is 1. The molecule has 3 N–H and O–H groups in total. The van der Waals surface area contributed by atoms with E-state index >= 15 is 0 Å². The van der Waals surface area contributed by atoms with E-state index in [0.717, 1.165) is 4.52 Å². The van der Waals surface area contributed by atoms with Gasteiger partial charge in [0, 0.05) is 19.2 Å². The number of aliphatic hydroxyl groups is 1. The maximum Gasteiger partial charge on any atom is 0.422 e. The van der Waals surface area contributed by atoms with Gasteiger partial charge < -0.3 is 20.5 Å². The summed E-state index contributed by atoms with van der Waals surface area (Å²) in [5, 5.41) is 20.1. The Morgan fingerprint density at radius 1 is 1.29 bits per heavy atom. The van der Waals surface area contributed by atoms with Gasteiger partial charge in [0.15, 0.2) is 5.65 Å². The summed E-state index contributed by atoms with van der Waals surface area (Å²) in [7, 11) is 1.18. The Labute approximate surface area is 174 Å². The fourth-order valence-corrected chi connectivity index (χ4v) is 3.34. The van der Waals surface area contributed by atoms with E-state index < -0.39 is 29.7 Å². The maximum absolute atomic E-state index is 13.9. The first-order valence-corrected chi connectivity index (χ1v) is 9.43. The molecule has 0 radical (unpaired) electrons. The number of nitrogens with zero attached hydrogens (tertiary/aromatic N) is 4. The summed E-state index contributed by atoms with van der Waals surface area (Å²) in [6.07, 6.45) is -4.65. The van der Waals surface area contributed by atoms with Gasteiger partial charge in [0.25, 0.3) is 0 Å². The molecule has 4 rings (SSSR count). The normalized spacial score (nSPS) is 21.3. The van der Waals surface area contributed by atoms with Crippen molar-refractivity contribution < 1.29 is 27.4 Å². The van der Waals surface area contributed by atoms with Crippen LogP contribution in [-0.4, -0.2) is 63.3 Å². The third kappa shape index (κ3) is 3.76. The topological polar surface area (TPSA) is 96.6 Å². The number of imidazole rings is 1. The summed E-state index contributed by atoms with van der Waals surface area (Å²) in [4.78, 5) is 8.59. The molecule has 166 valence electrons. The van der Waals surface area contributed by atoms with E-state index in [1.54, 1.807) is 18.2 Å². The number of alkyl halides is 4. The number of pyridine rings is 1. The highest BCUT2D eigenvalue weighted by Crippen LogP contribution is 2.41. The van der Waals surface area contributed by atoms with E-state index in [0.29, 0.717) is 30.7 Å². The first-order valence-electron chi connectivity index (χ1n) is 9.43. The largest absolute Gasteiger partial charge is 0.495 e. The summed E-state index contributed by atoms with van der Waals surface area (Å²) < 4.78 is 60.3. The van der Waals surface area contributed by atoms with Crippen LogP contribution in [0, 0.1) is 0 Å². The van der Waals surface area contributed by atoms with Crippen molar-refractivity contribution in [3.63, 3.8) is 0 Å². The van der Waals surface area contributed by atoms with Gasteiger partial charge in [-0.3, -0.25) is 0 Å². The van der Waals surface area contributed by atoms with Crippen LogP contribution in [-0.2, 0) is 5.60 Å². The average Bonchev–Trinajstić information content (AvgIpc) is 3.32. The smallest absolute Gasteiger partial charge is 0.422 e. The third-order valence-corrected chi connectivity index (χ3v) is 5.18. The van der Waals surface area contributed by atoms with E-state index in [1.807, 2.05) is 0 Å². The lowest BCUT2D eigenvalue weighted by Gasteiger charge is -2.26. The highest BCUT2D eigenvalue weighted by Gasteiger charge is 2.54. The molecule has 0 spiro atoms. The molecule has 3 aromatic heterocycles. The van der Waals surface area contributed by atoms with Crippen LogP contribution in [0.25, 0.3) is 17.0 Å². The molecule has 0 amide bonds. The molecule has 0 bridgehead atoms. The first kappa shape index (κ1) is 21.2. The third-order valence-electron chi connectivity index (χ3n) is 5.18. The second kappa shape index (κ2) is 7.61. The quantitative estimate of drug-likeness (QED) is 0.524. The zero-order valence-corrected chi connectivity index (χ0v) is 16.6. The molecule has 31 heavy (non-hydrogen) atoms. The van der Waals surface area contributed by atoms with Gasteiger partial charge in [0.1, 0.15) is 29.1 Å². The number of aromatic nitrogens is 4. The Balaban J connectivity index is 1.77. The number of rotatable bonds is 5. The predicted molar refractivity (Wildman–Crippen MR) is 104 cm³/mol. The number of ether oxygens (including phenoxy) is 1. The van der Waals surface area contributed by atoms with Crippen molar-refractivity contribution in [3.05, 3.63) is 36.2 Å². The molecule has 1 aliphatic rings. The highest BCUT2D eigenvalue weighted by atomic mass is 19.4. The molecule has 0 aliphatic carbocycles. The Morgan fingerprint density at radius 2 is 2.06 bits per heavy atom. The summed E-state index contributed by atoms with van der Waals surface area (Å²) >= 11 is 0. The van der Waals surface area contributed by atoms with Gasteiger partial charge in [-0.1, -0.05) is 6.07 Å². The van der Waals surface area contributed by atoms with E-state index in [2.05, 4.69) is 25.7 Å². The van der Waals surface area contributed by atoms with Gasteiger partial charge in [0.2, 0.25) is 5.60 Å². The van der Waals surface area contributed by atoms with Gasteiger partial charge in [0.05, 0.1) is 25.0 Å². The molecule has 3 unspecified atom stereocenters. The Bertz CT molecular complexity index is 1100. The minimum absolute atomic E-state index is 0.206. The molecule has 3 aromatic rings. The van der Waals surface area contributed by atoms with E-state index in [9.17, 15) is 22.7 Å². The van der Waals surface area contributed by atoms with Crippen LogP contribution in [0.4, 0.5) is 23.4 Å². The van der Waals surface area contributed by atoms with Gasteiger partial charge >= 0.3 is 6.18 Å². The van der Waals surface area contributed by atoms with Crippen molar-refractivity contribution in [1.82, 2.24) is 24.9 Å². The number of fused-ring (bicyclic) bond motifs is 1. The summed E-state index contributed by atoms with van der Waals surface area (Å²) in [5.74, 6) is 0.151. The molecule has 3 atom stereocenters. The van der Waals surface area contributed by atoms with Crippen molar-refractivity contribution in [2.45, 2.75) is 30.9 Å². The lowest BCUT2D eigenvalue weighted by molar-refractivity contribution is -0.261. The standard InChI is InChI=1S/C19H20F4N6O2/c1-18(30,19(21,22)23)17-14(31-2)6-16-25-9-13(29(16)28-17)11-4-3-5-15(26-11)27-12-8-24-7-10(12)20/h3-6,9-10,12,24,30H,7-8H2,1-2H3,(H,26,27). The van der Waals surface area contributed by atoms with Crippen LogP contribution in [0.2, 0.25) is 0 Å². The summed E-state index contributed by atoms with van der Waals surface area (Å²) in [5.41, 5.74) is -3.11. The molecule has 0 aromatic carbocycles. The summed E-state index contributed by atoms with van der Waals surface area (Å²) in [6, 6.07) is 5.78. The second-order valence-electron chi connectivity index (χ2n) is 7.38. The fourth-order valence-electron chi connectivity index (χ4n) is 3.34. The minimum Gasteiger partial charge on any atom is -0.495 e. The first-order chi connectivity index (χ1) is 14.6. The van der Waals surface area contributed by atoms with Crippen LogP contribution >= 0.6 is 0 Å². The van der Waals surface area contributed by atoms with E-state index in [1.165, 1.54) is 19.4 Å². The van der Waals surface area contributed by atoms with Crippen LogP contribution in [0.1, 0.15) is 12.6 Å². The molecule has 8 nitrogen and oxygen atoms in total. The van der Waals surface area contributed by atoms with Gasteiger partial charge in [-0.15, -0.1) is 0 Å². The second-order valence-corrected chi connectivity index (χ2v) is 7.38. The number of hydrogen-bond donors (Lipinski definition) is 3. The monoisotopic (exact) mass is 440 g/mol. The molecule has 1 saturated heterocycles. The van der Waals surface area contributed by atoms with Crippen LogP contribution < -0.4 is 15.4 Å². The molecule has 12 heteroatoms. The molecular weight excluding hydrogens is 420 g/mol. The fraction of sp³-hybridized carbons (Fsp3) is 0.421. The zero-order valence-electron chi connectivity index (χ0n) is 16.6.